The fourth-order valence-electron chi connectivity index (χ4n) is 1.32. The molecule has 3 N–H and O–H groups in total. The topological polar surface area (TPSA) is 76.2 Å². The van der Waals surface area contributed by atoms with E-state index < -0.39 is 11.5 Å². The van der Waals surface area contributed by atoms with Gasteiger partial charge in [-0.25, -0.2) is 4.98 Å². The van der Waals surface area contributed by atoms with Crippen LogP contribution < -0.4 is 5.73 Å². The van der Waals surface area contributed by atoms with Crippen LogP contribution in [0.3, 0.4) is 0 Å². The minimum absolute atomic E-state index is 0.0278. The summed E-state index contributed by atoms with van der Waals surface area (Å²) in [5.41, 5.74) is 6.36. The van der Waals surface area contributed by atoms with Gasteiger partial charge in [-0.2, -0.15) is 0 Å². The van der Waals surface area contributed by atoms with Crippen molar-refractivity contribution in [3.05, 3.63) is 16.1 Å². The molecule has 1 heterocycles. The van der Waals surface area contributed by atoms with Crippen LogP contribution in [0.25, 0.3) is 0 Å². The SMILES string of the molecule is CCC(N)(CC)c1nc(CC(=O)O)cs1. The largest absolute Gasteiger partial charge is 0.481 e. The van der Waals surface area contributed by atoms with E-state index in [1.54, 1.807) is 5.38 Å². The first-order valence-corrected chi connectivity index (χ1v) is 5.85. The molecule has 4 nitrogen and oxygen atoms in total. The molecule has 1 aromatic heterocycles. The van der Waals surface area contributed by atoms with Gasteiger partial charge in [0, 0.05) is 5.38 Å². The molecular weight excluding hydrogens is 212 g/mol. The van der Waals surface area contributed by atoms with Gasteiger partial charge in [-0.3, -0.25) is 4.79 Å². The summed E-state index contributed by atoms with van der Waals surface area (Å²) < 4.78 is 0. The highest BCUT2D eigenvalue weighted by Gasteiger charge is 2.26. The highest BCUT2D eigenvalue weighted by molar-refractivity contribution is 7.09. The number of hydrogen-bond acceptors (Lipinski definition) is 4. The van der Waals surface area contributed by atoms with Crippen molar-refractivity contribution < 1.29 is 9.90 Å². The third-order valence-corrected chi connectivity index (χ3v) is 3.68. The van der Waals surface area contributed by atoms with Gasteiger partial charge in [0.25, 0.3) is 0 Å². The molecule has 0 spiro atoms. The van der Waals surface area contributed by atoms with E-state index in [1.807, 2.05) is 13.8 Å². The van der Waals surface area contributed by atoms with Crippen molar-refractivity contribution in [2.24, 2.45) is 5.73 Å². The number of hydrogen-bond donors (Lipinski definition) is 2. The molecule has 84 valence electrons. The fourth-order valence-corrected chi connectivity index (χ4v) is 2.40. The number of nitrogens with zero attached hydrogens (tertiary/aromatic N) is 1. The lowest BCUT2D eigenvalue weighted by molar-refractivity contribution is -0.136. The standard InChI is InChI=1S/C10H16N2O2S/c1-3-10(11,4-2)9-12-7(6-15-9)5-8(13)14/h6H,3-5,11H2,1-2H3,(H,13,14). The van der Waals surface area contributed by atoms with Crippen molar-refractivity contribution in [2.45, 2.75) is 38.6 Å². The van der Waals surface area contributed by atoms with Gasteiger partial charge in [0.15, 0.2) is 0 Å². The Morgan fingerprint density at radius 1 is 1.60 bits per heavy atom. The molecule has 0 aliphatic rings. The predicted octanol–water partition coefficient (Wildman–Crippen LogP) is 1.74. The summed E-state index contributed by atoms with van der Waals surface area (Å²) in [6.07, 6.45) is 1.59. The van der Waals surface area contributed by atoms with Crippen molar-refractivity contribution >= 4 is 17.3 Å². The fraction of sp³-hybridized carbons (Fsp3) is 0.600. The van der Waals surface area contributed by atoms with Gasteiger partial charge >= 0.3 is 5.97 Å². The number of thiazole rings is 1. The minimum atomic E-state index is -0.859. The summed E-state index contributed by atoms with van der Waals surface area (Å²) in [5.74, 6) is -0.859. The number of carbonyl (C=O) groups is 1. The number of nitrogens with two attached hydrogens (primary N) is 1. The van der Waals surface area contributed by atoms with Crippen molar-refractivity contribution in [1.82, 2.24) is 4.98 Å². The second-order valence-corrected chi connectivity index (χ2v) is 4.44. The van der Waals surface area contributed by atoms with Crippen LogP contribution >= 0.6 is 11.3 Å². The smallest absolute Gasteiger partial charge is 0.309 e. The zero-order chi connectivity index (χ0) is 11.5. The van der Waals surface area contributed by atoms with E-state index in [0.29, 0.717) is 5.69 Å². The Labute approximate surface area is 93.1 Å². The molecular formula is C10H16N2O2S. The normalized spacial score (nSPS) is 11.7. The predicted molar refractivity (Wildman–Crippen MR) is 59.9 cm³/mol. The van der Waals surface area contributed by atoms with Crippen LogP contribution in [-0.2, 0) is 16.8 Å². The zero-order valence-corrected chi connectivity index (χ0v) is 9.80. The summed E-state index contributed by atoms with van der Waals surface area (Å²) in [7, 11) is 0. The lowest BCUT2D eigenvalue weighted by Gasteiger charge is -2.23. The highest BCUT2D eigenvalue weighted by atomic mass is 32.1. The third-order valence-electron chi connectivity index (χ3n) is 2.57. The van der Waals surface area contributed by atoms with Crippen LogP contribution in [0.1, 0.15) is 37.4 Å². The molecule has 5 heteroatoms. The lowest BCUT2D eigenvalue weighted by atomic mass is 9.95. The van der Waals surface area contributed by atoms with Crippen LogP contribution in [0.5, 0.6) is 0 Å². The van der Waals surface area contributed by atoms with Gasteiger partial charge < -0.3 is 10.8 Å². The average molecular weight is 228 g/mol. The van der Waals surface area contributed by atoms with Gasteiger partial charge in [-0.05, 0) is 12.8 Å². The molecule has 0 unspecified atom stereocenters. The summed E-state index contributed by atoms with van der Waals surface area (Å²) in [6.45, 7) is 4.03. The van der Waals surface area contributed by atoms with Crippen LogP contribution in [0.2, 0.25) is 0 Å². The second kappa shape index (κ2) is 4.72. The molecule has 1 rings (SSSR count). The van der Waals surface area contributed by atoms with Gasteiger partial charge in [-0.15, -0.1) is 11.3 Å². The molecule has 0 fully saturated rings. The average Bonchev–Trinajstić information content (AvgIpc) is 2.64. The Morgan fingerprint density at radius 2 is 2.20 bits per heavy atom. The number of aliphatic carboxylic acids is 1. The van der Waals surface area contributed by atoms with Crippen molar-refractivity contribution in [2.75, 3.05) is 0 Å². The number of carboxylic acid groups (broad SMARTS) is 1. The minimum Gasteiger partial charge on any atom is -0.481 e. The van der Waals surface area contributed by atoms with Crippen LogP contribution in [0.4, 0.5) is 0 Å². The number of rotatable bonds is 5. The quantitative estimate of drug-likeness (QED) is 0.805. The Kier molecular flexibility index (Phi) is 3.82. The first-order valence-electron chi connectivity index (χ1n) is 4.97. The van der Waals surface area contributed by atoms with Gasteiger partial charge in [0.05, 0.1) is 17.7 Å². The Morgan fingerprint density at radius 3 is 2.67 bits per heavy atom. The maximum Gasteiger partial charge on any atom is 0.309 e. The van der Waals surface area contributed by atoms with E-state index in [4.69, 9.17) is 10.8 Å². The Balaban J connectivity index is 2.87. The van der Waals surface area contributed by atoms with E-state index in [9.17, 15) is 4.79 Å². The van der Waals surface area contributed by atoms with Crippen molar-refractivity contribution in [3.8, 4) is 0 Å². The molecule has 0 amide bonds. The molecule has 0 saturated heterocycles. The second-order valence-electron chi connectivity index (χ2n) is 3.58. The lowest BCUT2D eigenvalue weighted by Crippen LogP contribution is -2.35. The van der Waals surface area contributed by atoms with Gasteiger partial charge in [0.2, 0.25) is 0 Å². The summed E-state index contributed by atoms with van der Waals surface area (Å²) in [5, 5.41) is 11.2. The van der Waals surface area contributed by atoms with E-state index in [-0.39, 0.29) is 6.42 Å². The Bertz CT molecular complexity index is 345. The number of carboxylic acids is 1. The summed E-state index contributed by atoms with van der Waals surface area (Å²) in [6, 6.07) is 0. The maximum atomic E-state index is 10.5. The molecule has 0 saturated carbocycles. The summed E-state index contributed by atoms with van der Waals surface area (Å²) in [4.78, 5) is 14.8. The van der Waals surface area contributed by atoms with E-state index in [2.05, 4.69) is 4.98 Å². The molecule has 15 heavy (non-hydrogen) atoms. The molecule has 0 bridgehead atoms. The van der Waals surface area contributed by atoms with Crippen LogP contribution in [0, 0.1) is 0 Å². The van der Waals surface area contributed by atoms with Gasteiger partial charge in [-0.1, -0.05) is 13.8 Å². The van der Waals surface area contributed by atoms with E-state index in [0.717, 1.165) is 17.8 Å². The molecule has 0 atom stereocenters. The zero-order valence-electron chi connectivity index (χ0n) is 8.99. The highest BCUT2D eigenvalue weighted by Crippen LogP contribution is 2.28. The first-order chi connectivity index (χ1) is 7.01. The van der Waals surface area contributed by atoms with Crippen LogP contribution in [0.15, 0.2) is 5.38 Å². The summed E-state index contributed by atoms with van der Waals surface area (Å²) >= 11 is 1.45. The Hall–Kier alpha value is -0.940. The molecule has 0 aromatic carbocycles. The molecule has 0 aliphatic heterocycles. The van der Waals surface area contributed by atoms with Crippen molar-refractivity contribution in [1.29, 1.82) is 0 Å². The van der Waals surface area contributed by atoms with E-state index >= 15 is 0 Å². The number of aromatic nitrogens is 1. The van der Waals surface area contributed by atoms with Crippen LogP contribution in [-0.4, -0.2) is 16.1 Å². The van der Waals surface area contributed by atoms with Crippen molar-refractivity contribution in [3.63, 3.8) is 0 Å². The maximum absolute atomic E-state index is 10.5. The molecule has 1 aromatic rings. The van der Waals surface area contributed by atoms with Gasteiger partial charge in [0.1, 0.15) is 5.01 Å². The molecule has 0 aliphatic carbocycles. The monoisotopic (exact) mass is 228 g/mol. The third kappa shape index (κ3) is 2.76. The molecule has 0 radical (unpaired) electrons. The van der Waals surface area contributed by atoms with E-state index in [1.165, 1.54) is 11.3 Å². The first kappa shape index (κ1) is 12.1.